The molecule has 3 aromatic rings. The molecular weight excluding hydrogens is 463 g/mol. The van der Waals surface area contributed by atoms with Crippen LogP contribution in [0.2, 0.25) is 0 Å². The summed E-state index contributed by atoms with van der Waals surface area (Å²) in [6.45, 7) is 3.28. The van der Waals surface area contributed by atoms with Gasteiger partial charge in [-0.1, -0.05) is 18.2 Å². The maximum atomic E-state index is 14.7. The number of nitrogens with one attached hydrogen (secondary N) is 1. The van der Waals surface area contributed by atoms with Crippen molar-refractivity contribution in [2.24, 2.45) is 13.0 Å². The van der Waals surface area contributed by atoms with Gasteiger partial charge in [0.2, 0.25) is 0 Å². The van der Waals surface area contributed by atoms with E-state index in [2.05, 4.69) is 15.3 Å². The summed E-state index contributed by atoms with van der Waals surface area (Å²) >= 11 is 0. The van der Waals surface area contributed by atoms with Crippen LogP contribution in [0.25, 0.3) is 11.0 Å². The highest BCUT2D eigenvalue weighted by atomic mass is 19.3. The average Bonchev–Trinajstić information content (AvgIpc) is 2.82. The van der Waals surface area contributed by atoms with Gasteiger partial charge in [0, 0.05) is 31.6 Å². The summed E-state index contributed by atoms with van der Waals surface area (Å²) in [7, 11) is 1.51. The molecule has 0 bridgehead atoms. The number of alkyl halides is 2. The fraction of sp³-hybridized carbons (Fsp3) is 0.417. The van der Waals surface area contributed by atoms with Crippen molar-refractivity contribution in [1.82, 2.24) is 19.4 Å². The van der Waals surface area contributed by atoms with Gasteiger partial charge in [0.05, 0.1) is 29.7 Å². The van der Waals surface area contributed by atoms with Crippen LogP contribution in [0.4, 0.5) is 19.0 Å². The number of amides is 1. The van der Waals surface area contributed by atoms with E-state index in [9.17, 15) is 22.8 Å². The lowest BCUT2D eigenvalue weighted by Crippen LogP contribution is -2.55. The average molecular weight is 487 g/mol. The molecule has 0 aliphatic carbocycles. The van der Waals surface area contributed by atoms with Crippen molar-refractivity contribution in [3.8, 4) is 0 Å². The topological polar surface area (TPSA) is 89.4 Å². The minimum absolute atomic E-state index is 0.00248. The summed E-state index contributed by atoms with van der Waals surface area (Å²) in [5, 5.41) is 3.41. The number of ether oxygens (including phenoxy) is 1. The van der Waals surface area contributed by atoms with Crippen molar-refractivity contribution in [2.75, 3.05) is 25.0 Å². The minimum Gasteiger partial charge on any atom is -0.376 e. The molecule has 1 aromatic carbocycles. The molecule has 2 aliphatic heterocycles. The Morgan fingerprint density at radius 3 is 2.71 bits per heavy atom. The second-order valence-electron chi connectivity index (χ2n) is 8.97. The molecule has 1 amide bonds. The quantitative estimate of drug-likeness (QED) is 0.593. The number of likely N-dealkylation sites (tertiary alicyclic amines) is 1. The van der Waals surface area contributed by atoms with Crippen molar-refractivity contribution in [3.63, 3.8) is 0 Å². The number of nitrogens with zero attached hydrogens (tertiary/aromatic N) is 4. The number of rotatable bonds is 5. The second kappa shape index (κ2) is 8.95. The molecule has 8 nitrogen and oxygen atoms in total. The van der Waals surface area contributed by atoms with E-state index in [0.29, 0.717) is 31.0 Å². The third kappa shape index (κ3) is 4.03. The molecule has 2 fully saturated rings. The van der Waals surface area contributed by atoms with Crippen LogP contribution in [0.15, 0.2) is 35.4 Å². The first-order chi connectivity index (χ1) is 16.8. The molecule has 184 valence electrons. The summed E-state index contributed by atoms with van der Waals surface area (Å²) in [4.78, 5) is 36.3. The van der Waals surface area contributed by atoms with Gasteiger partial charge in [0.25, 0.3) is 17.9 Å². The predicted octanol–water partition coefficient (Wildman–Crippen LogP) is 3.44. The third-order valence-electron chi connectivity index (χ3n) is 6.86. The Hall–Kier alpha value is -3.47. The minimum atomic E-state index is -2.94. The number of fused-ring (bicyclic) bond motifs is 2. The molecular formula is C24H24F3N5O3. The molecule has 4 heterocycles. The summed E-state index contributed by atoms with van der Waals surface area (Å²) in [6, 6.07) is 4.53. The van der Waals surface area contributed by atoms with Crippen molar-refractivity contribution in [2.45, 2.75) is 31.9 Å². The Morgan fingerprint density at radius 1 is 1.26 bits per heavy atom. The number of benzene rings is 1. The molecule has 0 radical (unpaired) electrons. The molecule has 2 aliphatic rings. The fourth-order valence-corrected chi connectivity index (χ4v) is 4.72. The first-order valence-electron chi connectivity index (χ1n) is 11.3. The zero-order chi connectivity index (χ0) is 24.9. The van der Waals surface area contributed by atoms with Gasteiger partial charge in [-0.3, -0.25) is 14.2 Å². The van der Waals surface area contributed by atoms with Crippen LogP contribution in [-0.2, 0) is 11.8 Å². The molecule has 1 N–H and O–H groups in total. The Morgan fingerprint density at radius 2 is 2.03 bits per heavy atom. The summed E-state index contributed by atoms with van der Waals surface area (Å²) in [6.07, 6.45) is -0.887. The van der Waals surface area contributed by atoms with E-state index in [4.69, 9.17) is 4.74 Å². The Labute approximate surface area is 198 Å². The lowest BCUT2D eigenvalue weighted by atomic mass is 9.90. The van der Waals surface area contributed by atoms with E-state index in [1.807, 2.05) is 0 Å². The smallest absolute Gasteiger partial charge is 0.266 e. The van der Waals surface area contributed by atoms with Gasteiger partial charge >= 0.3 is 0 Å². The highest BCUT2D eigenvalue weighted by Crippen LogP contribution is 2.31. The van der Waals surface area contributed by atoms with Gasteiger partial charge in [0.1, 0.15) is 29.2 Å². The van der Waals surface area contributed by atoms with E-state index < -0.39 is 35.3 Å². The van der Waals surface area contributed by atoms with Crippen LogP contribution in [-0.4, -0.2) is 51.1 Å². The van der Waals surface area contributed by atoms with Gasteiger partial charge in [-0.25, -0.2) is 23.1 Å². The molecule has 0 spiro atoms. The number of hydrogen-bond acceptors (Lipinski definition) is 6. The van der Waals surface area contributed by atoms with Gasteiger partial charge in [0.15, 0.2) is 0 Å². The zero-order valence-electron chi connectivity index (χ0n) is 19.2. The Bertz CT molecular complexity index is 1360. The zero-order valence-corrected chi connectivity index (χ0v) is 19.2. The van der Waals surface area contributed by atoms with Crippen LogP contribution in [0.1, 0.15) is 47.3 Å². The number of carbonyl (C=O) groups is 1. The molecule has 35 heavy (non-hydrogen) atoms. The molecule has 5 rings (SSSR count). The SMILES string of the molecule is C[C@@H](Nc1ncnc2c1cc(C(=O)N1CC[C@@H]3CO[C@@H]3C1)c(=O)n2C)c1cccc(C(F)F)c1F. The number of anilines is 1. The van der Waals surface area contributed by atoms with Crippen molar-refractivity contribution in [3.05, 3.63) is 63.5 Å². The molecule has 3 atom stereocenters. The maximum absolute atomic E-state index is 14.7. The van der Waals surface area contributed by atoms with E-state index in [1.54, 1.807) is 11.8 Å². The monoisotopic (exact) mass is 487 g/mol. The van der Waals surface area contributed by atoms with Crippen LogP contribution in [0, 0.1) is 11.7 Å². The summed E-state index contributed by atoms with van der Waals surface area (Å²) in [5.74, 6) is -0.700. The van der Waals surface area contributed by atoms with E-state index in [-0.39, 0.29) is 28.7 Å². The predicted molar refractivity (Wildman–Crippen MR) is 122 cm³/mol. The van der Waals surface area contributed by atoms with Crippen molar-refractivity contribution in [1.29, 1.82) is 0 Å². The number of halogens is 3. The number of aromatic nitrogens is 3. The summed E-state index contributed by atoms with van der Waals surface area (Å²) in [5.41, 5.74) is -0.891. The van der Waals surface area contributed by atoms with Gasteiger partial charge in [-0.15, -0.1) is 0 Å². The molecule has 11 heteroatoms. The number of aryl methyl sites for hydroxylation is 1. The lowest BCUT2D eigenvalue weighted by Gasteiger charge is -2.45. The van der Waals surface area contributed by atoms with Crippen LogP contribution in [0.5, 0.6) is 0 Å². The number of piperidine rings is 1. The standard InChI is InChI=1S/C24H24F3N5O3/c1-12(14-4-3-5-15(19(14)25)20(26)27)30-21-16-8-17(23(33)31(2)22(16)29-11-28-21)24(34)32-7-6-13-10-35-18(13)9-32/h3-5,8,11-13,18,20H,6-7,9-10H2,1-2H3,(H,28,29,30)/t12-,13-,18-/m1/s1. The van der Waals surface area contributed by atoms with Gasteiger partial charge < -0.3 is 15.0 Å². The maximum Gasteiger partial charge on any atom is 0.266 e. The highest BCUT2D eigenvalue weighted by Gasteiger charge is 2.39. The number of pyridine rings is 1. The fourth-order valence-electron chi connectivity index (χ4n) is 4.72. The lowest BCUT2D eigenvalue weighted by molar-refractivity contribution is -0.143. The molecule has 2 saturated heterocycles. The van der Waals surface area contributed by atoms with Gasteiger partial charge in [-0.05, 0) is 19.4 Å². The normalized spacial score (nSPS) is 20.5. The molecule has 2 aromatic heterocycles. The number of carbonyl (C=O) groups excluding carboxylic acids is 1. The third-order valence-corrected chi connectivity index (χ3v) is 6.86. The molecule has 0 saturated carbocycles. The van der Waals surface area contributed by atoms with Crippen LogP contribution < -0.4 is 10.9 Å². The van der Waals surface area contributed by atoms with Crippen molar-refractivity contribution < 1.29 is 22.7 Å². The van der Waals surface area contributed by atoms with Crippen LogP contribution in [0.3, 0.4) is 0 Å². The largest absolute Gasteiger partial charge is 0.376 e. The van der Waals surface area contributed by atoms with Crippen molar-refractivity contribution >= 4 is 22.8 Å². The second-order valence-corrected chi connectivity index (χ2v) is 8.97. The first-order valence-corrected chi connectivity index (χ1v) is 11.3. The van der Waals surface area contributed by atoms with E-state index in [1.165, 1.54) is 36.1 Å². The Balaban J connectivity index is 1.50. The first kappa shape index (κ1) is 23.3. The molecule has 0 unspecified atom stereocenters. The number of hydrogen-bond donors (Lipinski definition) is 1. The Kier molecular flexibility index (Phi) is 5.96. The van der Waals surface area contributed by atoms with Gasteiger partial charge in [-0.2, -0.15) is 0 Å². The summed E-state index contributed by atoms with van der Waals surface area (Å²) < 4.78 is 47.8. The van der Waals surface area contributed by atoms with Crippen LogP contribution >= 0.6 is 0 Å². The van der Waals surface area contributed by atoms with E-state index in [0.717, 1.165) is 12.5 Å². The van der Waals surface area contributed by atoms with E-state index >= 15 is 0 Å². The highest BCUT2D eigenvalue weighted by molar-refractivity contribution is 5.99.